The van der Waals surface area contributed by atoms with Gasteiger partial charge in [-0.15, -0.1) is 0 Å². The Hall–Kier alpha value is -0.0800. The van der Waals surface area contributed by atoms with E-state index in [9.17, 15) is 0 Å². The summed E-state index contributed by atoms with van der Waals surface area (Å²) in [5, 5.41) is 3.60. The third-order valence-electron chi connectivity index (χ3n) is 3.79. The maximum Gasteiger partial charge on any atom is 0.0669 e. The fourth-order valence-corrected chi connectivity index (χ4v) is 2.70. The number of hydrogen-bond acceptors (Lipinski definition) is 2. The molecule has 1 aliphatic heterocycles. The summed E-state index contributed by atoms with van der Waals surface area (Å²) in [5.74, 6) is 1.62. The molecule has 0 aromatic carbocycles. The summed E-state index contributed by atoms with van der Waals surface area (Å²) in [6.45, 7) is 10.2. The van der Waals surface area contributed by atoms with Gasteiger partial charge in [-0.25, -0.2) is 0 Å². The molecule has 1 saturated heterocycles. The molecule has 2 unspecified atom stereocenters. The third kappa shape index (κ3) is 2.73. The Bertz CT molecular complexity index is 213. The lowest BCUT2D eigenvalue weighted by Crippen LogP contribution is -2.40. The lowest BCUT2D eigenvalue weighted by atomic mass is 9.81. The number of nitrogens with one attached hydrogen (secondary N) is 1. The molecule has 0 aromatic heterocycles. The van der Waals surface area contributed by atoms with Crippen LogP contribution < -0.4 is 5.32 Å². The Kier molecular flexibility index (Phi) is 3.36. The van der Waals surface area contributed by atoms with Crippen molar-refractivity contribution in [1.82, 2.24) is 5.32 Å². The first-order chi connectivity index (χ1) is 7.12. The second-order valence-corrected chi connectivity index (χ2v) is 6.06. The van der Waals surface area contributed by atoms with Gasteiger partial charge in [-0.05, 0) is 37.6 Å². The molecule has 0 bridgehead atoms. The molecule has 1 saturated carbocycles. The zero-order valence-corrected chi connectivity index (χ0v) is 10.4. The van der Waals surface area contributed by atoms with Crippen LogP contribution in [0.3, 0.4) is 0 Å². The van der Waals surface area contributed by atoms with Crippen molar-refractivity contribution in [3.8, 4) is 0 Å². The van der Waals surface area contributed by atoms with E-state index in [-0.39, 0.29) is 0 Å². The first-order valence-electron chi connectivity index (χ1n) is 6.44. The van der Waals surface area contributed by atoms with E-state index in [2.05, 4.69) is 26.1 Å². The van der Waals surface area contributed by atoms with Crippen LogP contribution in [-0.2, 0) is 4.74 Å². The summed E-state index contributed by atoms with van der Waals surface area (Å²) in [7, 11) is 0. The molecule has 2 nitrogen and oxygen atoms in total. The van der Waals surface area contributed by atoms with Crippen LogP contribution in [0.4, 0.5) is 0 Å². The van der Waals surface area contributed by atoms with Gasteiger partial charge in [-0.3, -0.25) is 0 Å². The van der Waals surface area contributed by atoms with E-state index < -0.39 is 0 Å². The van der Waals surface area contributed by atoms with Crippen molar-refractivity contribution in [3.63, 3.8) is 0 Å². The van der Waals surface area contributed by atoms with Crippen LogP contribution in [0, 0.1) is 17.3 Å². The third-order valence-corrected chi connectivity index (χ3v) is 3.79. The van der Waals surface area contributed by atoms with Crippen LogP contribution in [0.25, 0.3) is 0 Å². The van der Waals surface area contributed by atoms with Crippen LogP contribution in [0.1, 0.15) is 40.0 Å². The topological polar surface area (TPSA) is 21.3 Å². The highest BCUT2D eigenvalue weighted by Gasteiger charge is 2.47. The Labute approximate surface area is 93.8 Å². The molecule has 15 heavy (non-hydrogen) atoms. The molecule has 1 heterocycles. The van der Waals surface area contributed by atoms with Gasteiger partial charge < -0.3 is 10.1 Å². The van der Waals surface area contributed by atoms with Crippen molar-refractivity contribution < 1.29 is 4.74 Å². The number of rotatable bonds is 5. The van der Waals surface area contributed by atoms with E-state index in [4.69, 9.17) is 4.74 Å². The summed E-state index contributed by atoms with van der Waals surface area (Å²) in [6.07, 6.45) is 4.56. The molecule has 2 aliphatic rings. The molecule has 0 aromatic rings. The average molecular weight is 211 g/mol. The first-order valence-corrected chi connectivity index (χ1v) is 6.44. The van der Waals surface area contributed by atoms with E-state index in [1.165, 1.54) is 19.3 Å². The Morgan fingerprint density at radius 3 is 2.73 bits per heavy atom. The maximum atomic E-state index is 5.91. The highest BCUT2D eigenvalue weighted by molar-refractivity contribution is 4.98. The zero-order chi connectivity index (χ0) is 10.9. The van der Waals surface area contributed by atoms with Crippen LogP contribution in [0.15, 0.2) is 0 Å². The van der Waals surface area contributed by atoms with Gasteiger partial charge in [0.25, 0.3) is 0 Å². The molecule has 1 aliphatic carbocycles. The number of hydrogen-bond donors (Lipinski definition) is 1. The van der Waals surface area contributed by atoms with Crippen molar-refractivity contribution >= 4 is 0 Å². The van der Waals surface area contributed by atoms with Gasteiger partial charge in [0.05, 0.1) is 6.10 Å². The lowest BCUT2D eigenvalue weighted by Gasteiger charge is -2.30. The van der Waals surface area contributed by atoms with Gasteiger partial charge >= 0.3 is 0 Å². The molecule has 2 fully saturated rings. The van der Waals surface area contributed by atoms with Crippen LogP contribution in [0.5, 0.6) is 0 Å². The molecule has 0 radical (unpaired) electrons. The molecule has 0 spiro atoms. The van der Waals surface area contributed by atoms with Gasteiger partial charge in [0, 0.05) is 18.6 Å². The average Bonchev–Trinajstić information content (AvgIpc) is 2.90. The number of ether oxygens (including phenoxy) is 1. The molecular weight excluding hydrogens is 186 g/mol. The summed E-state index contributed by atoms with van der Waals surface area (Å²) < 4.78 is 5.91. The predicted octanol–water partition coefficient (Wildman–Crippen LogP) is 2.44. The second kappa shape index (κ2) is 4.42. The first kappa shape index (κ1) is 11.4. The van der Waals surface area contributed by atoms with E-state index in [1.54, 1.807) is 0 Å². The SMILES string of the molecule is CC(C)CNCC1(C)CCOC1C1CC1. The minimum Gasteiger partial charge on any atom is -0.377 e. The van der Waals surface area contributed by atoms with E-state index in [0.29, 0.717) is 11.5 Å². The molecule has 2 heteroatoms. The Morgan fingerprint density at radius 1 is 1.40 bits per heavy atom. The summed E-state index contributed by atoms with van der Waals surface area (Å²) in [6, 6.07) is 0. The standard InChI is InChI=1S/C13H25NO/c1-10(2)8-14-9-13(3)6-7-15-12(13)11-4-5-11/h10-12,14H,4-9H2,1-3H3. The minimum absolute atomic E-state index is 0.399. The van der Waals surface area contributed by atoms with Gasteiger partial charge in [-0.2, -0.15) is 0 Å². The van der Waals surface area contributed by atoms with Gasteiger partial charge in [0.2, 0.25) is 0 Å². The molecule has 1 N–H and O–H groups in total. The fraction of sp³-hybridized carbons (Fsp3) is 1.00. The second-order valence-electron chi connectivity index (χ2n) is 6.06. The smallest absolute Gasteiger partial charge is 0.0669 e. The van der Waals surface area contributed by atoms with Crippen LogP contribution in [0.2, 0.25) is 0 Å². The largest absolute Gasteiger partial charge is 0.377 e. The summed E-state index contributed by atoms with van der Waals surface area (Å²) in [4.78, 5) is 0. The summed E-state index contributed by atoms with van der Waals surface area (Å²) >= 11 is 0. The van der Waals surface area contributed by atoms with Gasteiger partial charge in [0.1, 0.15) is 0 Å². The molecule has 2 rings (SSSR count). The van der Waals surface area contributed by atoms with Crippen molar-refractivity contribution in [2.45, 2.75) is 46.1 Å². The van der Waals surface area contributed by atoms with E-state index >= 15 is 0 Å². The van der Waals surface area contributed by atoms with Crippen molar-refractivity contribution in [2.75, 3.05) is 19.7 Å². The maximum absolute atomic E-state index is 5.91. The molecule has 88 valence electrons. The minimum atomic E-state index is 0.399. The van der Waals surface area contributed by atoms with Crippen LogP contribution >= 0.6 is 0 Å². The van der Waals surface area contributed by atoms with Gasteiger partial charge in [-0.1, -0.05) is 20.8 Å². The normalized spacial score (nSPS) is 36.4. The van der Waals surface area contributed by atoms with Crippen LogP contribution in [-0.4, -0.2) is 25.8 Å². The highest BCUT2D eigenvalue weighted by Crippen LogP contribution is 2.47. The summed E-state index contributed by atoms with van der Waals surface area (Å²) in [5.41, 5.74) is 0.399. The molecule has 2 atom stereocenters. The zero-order valence-electron chi connectivity index (χ0n) is 10.4. The fourth-order valence-electron chi connectivity index (χ4n) is 2.70. The Morgan fingerprint density at radius 2 is 2.13 bits per heavy atom. The molecule has 0 amide bonds. The lowest BCUT2D eigenvalue weighted by molar-refractivity contribution is 0.0386. The van der Waals surface area contributed by atoms with Gasteiger partial charge in [0.15, 0.2) is 0 Å². The van der Waals surface area contributed by atoms with Crippen molar-refractivity contribution in [2.24, 2.45) is 17.3 Å². The Balaban J connectivity index is 1.81. The highest BCUT2D eigenvalue weighted by atomic mass is 16.5. The predicted molar refractivity (Wildman–Crippen MR) is 62.9 cm³/mol. The quantitative estimate of drug-likeness (QED) is 0.754. The van der Waals surface area contributed by atoms with E-state index in [0.717, 1.165) is 31.5 Å². The molecular formula is C13H25NO. The van der Waals surface area contributed by atoms with Crippen molar-refractivity contribution in [3.05, 3.63) is 0 Å². The monoisotopic (exact) mass is 211 g/mol. The van der Waals surface area contributed by atoms with Crippen molar-refractivity contribution in [1.29, 1.82) is 0 Å². The van der Waals surface area contributed by atoms with E-state index in [1.807, 2.05) is 0 Å².